The van der Waals surface area contributed by atoms with Crippen LogP contribution in [0, 0.1) is 5.92 Å². The minimum atomic E-state index is -0.725. The van der Waals surface area contributed by atoms with Crippen molar-refractivity contribution in [2.45, 2.75) is 51.6 Å². The van der Waals surface area contributed by atoms with Crippen LogP contribution in [0.2, 0.25) is 0 Å². The van der Waals surface area contributed by atoms with Gasteiger partial charge in [0.25, 0.3) is 0 Å². The molecule has 1 heterocycles. The lowest BCUT2D eigenvalue weighted by molar-refractivity contribution is -0.156. The molecular formula is C16H26N2O3. The van der Waals surface area contributed by atoms with E-state index in [-0.39, 0.29) is 23.8 Å². The van der Waals surface area contributed by atoms with Crippen LogP contribution in [-0.2, 0) is 14.3 Å². The third-order valence-electron chi connectivity index (χ3n) is 4.37. The highest BCUT2D eigenvalue weighted by Crippen LogP contribution is 2.42. The van der Waals surface area contributed by atoms with Gasteiger partial charge in [0.2, 0.25) is 11.8 Å². The zero-order valence-electron chi connectivity index (χ0n) is 13.3. The van der Waals surface area contributed by atoms with Gasteiger partial charge in [0.15, 0.2) is 0 Å². The van der Waals surface area contributed by atoms with E-state index < -0.39 is 5.54 Å². The van der Waals surface area contributed by atoms with Crippen molar-refractivity contribution in [1.82, 2.24) is 10.2 Å². The maximum Gasteiger partial charge on any atom is 0.249 e. The van der Waals surface area contributed by atoms with Gasteiger partial charge in [0, 0.05) is 6.54 Å². The van der Waals surface area contributed by atoms with Crippen LogP contribution in [0.25, 0.3) is 0 Å². The Bertz CT molecular complexity index is 445. The topological polar surface area (TPSA) is 58.6 Å². The van der Waals surface area contributed by atoms with Gasteiger partial charge in [0.1, 0.15) is 11.6 Å². The first-order valence-electron chi connectivity index (χ1n) is 7.75. The van der Waals surface area contributed by atoms with E-state index >= 15 is 0 Å². The van der Waals surface area contributed by atoms with Gasteiger partial charge in [-0.05, 0) is 39.0 Å². The Morgan fingerprint density at radius 2 is 2.14 bits per heavy atom. The molecule has 2 aliphatic rings. The second kappa shape index (κ2) is 6.18. The van der Waals surface area contributed by atoms with E-state index in [1.165, 1.54) is 0 Å². The third kappa shape index (κ3) is 3.28. The number of carbonyl (C=O) groups excluding carboxylic acids is 2. The van der Waals surface area contributed by atoms with Crippen LogP contribution in [0.3, 0.4) is 0 Å². The molecule has 2 amide bonds. The lowest BCUT2D eigenvalue weighted by Gasteiger charge is -2.44. The van der Waals surface area contributed by atoms with Crippen LogP contribution in [-0.4, -0.2) is 48.1 Å². The summed E-state index contributed by atoms with van der Waals surface area (Å²) < 4.78 is 5.49. The molecule has 21 heavy (non-hydrogen) atoms. The highest BCUT2D eigenvalue weighted by atomic mass is 16.5. The number of amides is 2. The van der Waals surface area contributed by atoms with Crippen LogP contribution in [0.5, 0.6) is 0 Å². The van der Waals surface area contributed by atoms with Gasteiger partial charge in [-0.2, -0.15) is 0 Å². The molecule has 0 aromatic heterocycles. The van der Waals surface area contributed by atoms with E-state index in [0.717, 1.165) is 18.4 Å². The van der Waals surface area contributed by atoms with Crippen LogP contribution >= 0.6 is 0 Å². The van der Waals surface area contributed by atoms with Crippen molar-refractivity contribution < 1.29 is 14.3 Å². The molecule has 2 fully saturated rings. The minimum Gasteiger partial charge on any atom is -0.375 e. The van der Waals surface area contributed by atoms with Gasteiger partial charge in [-0.25, -0.2) is 0 Å². The molecule has 5 nitrogen and oxygen atoms in total. The molecule has 2 rings (SSSR count). The first kappa shape index (κ1) is 16.0. The zero-order valence-corrected chi connectivity index (χ0v) is 13.3. The maximum absolute atomic E-state index is 12.8. The molecule has 118 valence electrons. The number of ether oxygens (including phenoxy) is 1. The number of hydrogen-bond donors (Lipinski definition) is 1. The van der Waals surface area contributed by atoms with Gasteiger partial charge >= 0.3 is 0 Å². The summed E-state index contributed by atoms with van der Waals surface area (Å²) in [5, 5.41) is 2.96. The highest BCUT2D eigenvalue weighted by Gasteiger charge is 2.54. The Morgan fingerprint density at radius 3 is 2.67 bits per heavy atom. The molecule has 1 saturated carbocycles. The average molecular weight is 294 g/mol. The van der Waals surface area contributed by atoms with Crippen molar-refractivity contribution in [1.29, 1.82) is 0 Å². The molecule has 5 heteroatoms. The largest absolute Gasteiger partial charge is 0.375 e. The molecule has 2 atom stereocenters. The molecule has 1 aliphatic carbocycles. The van der Waals surface area contributed by atoms with Crippen molar-refractivity contribution in [2.24, 2.45) is 5.92 Å². The fourth-order valence-corrected chi connectivity index (χ4v) is 2.98. The van der Waals surface area contributed by atoms with Crippen LogP contribution in [0.4, 0.5) is 0 Å². The second-order valence-electron chi connectivity index (χ2n) is 6.40. The van der Waals surface area contributed by atoms with E-state index in [1.54, 1.807) is 4.90 Å². The highest BCUT2D eigenvalue weighted by molar-refractivity contribution is 6.00. The lowest BCUT2D eigenvalue weighted by atomic mass is 9.89. The van der Waals surface area contributed by atoms with Crippen LogP contribution < -0.4 is 5.32 Å². The fourth-order valence-electron chi connectivity index (χ4n) is 2.98. The SMILES string of the molecule is C=C(C)COCCN1C(=O)C(C)(C2CC2)NC(=O)C1CC. The summed E-state index contributed by atoms with van der Waals surface area (Å²) in [7, 11) is 0. The molecule has 1 N–H and O–H groups in total. The quantitative estimate of drug-likeness (QED) is 0.571. The Balaban J connectivity index is 2.04. The molecule has 1 aliphatic heterocycles. The monoisotopic (exact) mass is 294 g/mol. The van der Waals surface area contributed by atoms with Crippen molar-refractivity contribution in [3.63, 3.8) is 0 Å². The molecule has 0 bridgehead atoms. The molecule has 0 aromatic carbocycles. The Labute approximate surface area is 126 Å². The van der Waals surface area contributed by atoms with Crippen LogP contribution in [0.1, 0.15) is 40.0 Å². The van der Waals surface area contributed by atoms with E-state index in [0.29, 0.717) is 26.2 Å². The Morgan fingerprint density at radius 1 is 1.48 bits per heavy atom. The van der Waals surface area contributed by atoms with E-state index in [9.17, 15) is 9.59 Å². The lowest BCUT2D eigenvalue weighted by Crippen LogP contribution is -2.70. The Hall–Kier alpha value is -1.36. The van der Waals surface area contributed by atoms with Gasteiger partial charge in [-0.15, -0.1) is 0 Å². The number of rotatable bonds is 7. The van der Waals surface area contributed by atoms with Crippen molar-refractivity contribution in [2.75, 3.05) is 19.8 Å². The number of nitrogens with zero attached hydrogens (tertiary/aromatic N) is 1. The predicted octanol–water partition coefficient (Wildman–Crippen LogP) is 1.48. The molecular weight excluding hydrogens is 268 g/mol. The summed E-state index contributed by atoms with van der Waals surface area (Å²) in [6, 6.07) is -0.377. The summed E-state index contributed by atoms with van der Waals surface area (Å²) in [5.74, 6) is 0.285. The molecule has 0 aromatic rings. The number of hydrogen-bond acceptors (Lipinski definition) is 3. The Kier molecular flexibility index (Phi) is 4.71. The van der Waals surface area contributed by atoms with Gasteiger partial charge in [0.05, 0.1) is 13.2 Å². The molecule has 1 saturated heterocycles. The van der Waals surface area contributed by atoms with Gasteiger partial charge in [-0.1, -0.05) is 19.1 Å². The summed E-state index contributed by atoms with van der Waals surface area (Å²) in [6.07, 6.45) is 2.65. The first-order chi connectivity index (χ1) is 9.90. The minimum absolute atomic E-state index is 0.0357. The van der Waals surface area contributed by atoms with E-state index in [1.807, 2.05) is 20.8 Å². The molecule has 0 spiro atoms. The summed E-state index contributed by atoms with van der Waals surface area (Å²) in [6.45, 7) is 10.9. The summed E-state index contributed by atoms with van der Waals surface area (Å²) in [4.78, 5) is 26.8. The predicted molar refractivity (Wildman–Crippen MR) is 80.7 cm³/mol. The van der Waals surface area contributed by atoms with Crippen molar-refractivity contribution in [3.05, 3.63) is 12.2 Å². The van der Waals surface area contributed by atoms with Gasteiger partial charge < -0.3 is 15.0 Å². The number of nitrogens with one attached hydrogen (secondary N) is 1. The van der Waals surface area contributed by atoms with Crippen LogP contribution in [0.15, 0.2) is 12.2 Å². The molecule has 2 unspecified atom stereocenters. The van der Waals surface area contributed by atoms with Crippen molar-refractivity contribution in [3.8, 4) is 0 Å². The second-order valence-corrected chi connectivity index (χ2v) is 6.40. The summed E-state index contributed by atoms with van der Waals surface area (Å²) >= 11 is 0. The fraction of sp³-hybridized carbons (Fsp3) is 0.750. The smallest absolute Gasteiger partial charge is 0.249 e. The number of piperazine rings is 1. The maximum atomic E-state index is 12.8. The van der Waals surface area contributed by atoms with E-state index in [4.69, 9.17) is 4.74 Å². The zero-order chi connectivity index (χ0) is 15.6. The molecule has 0 radical (unpaired) electrons. The number of carbonyl (C=O) groups is 2. The third-order valence-corrected chi connectivity index (χ3v) is 4.37. The first-order valence-corrected chi connectivity index (χ1v) is 7.75. The van der Waals surface area contributed by atoms with Gasteiger partial charge in [-0.3, -0.25) is 9.59 Å². The summed E-state index contributed by atoms with van der Waals surface area (Å²) in [5.41, 5.74) is 0.226. The average Bonchev–Trinajstić information content (AvgIpc) is 3.24. The van der Waals surface area contributed by atoms with Crippen molar-refractivity contribution >= 4 is 11.8 Å². The normalized spacial score (nSPS) is 29.5. The standard InChI is InChI=1S/C16H26N2O3/c1-5-13-14(19)17-16(4,12-6-7-12)15(20)18(13)8-9-21-10-11(2)3/h12-13H,2,5-10H2,1,3-4H3,(H,17,19). The van der Waals surface area contributed by atoms with E-state index in [2.05, 4.69) is 11.9 Å².